The summed E-state index contributed by atoms with van der Waals surface area (Å²) in [4.78, 5) is 26.3. The molecule has 0 radical (unpaired) electrons. The number of benzene rings is 1. The highest BCUT2D eigenvalue weighted by Gasteiger charge is 2.08. The van der Waals surface area contributed by atoms with E-state index in [0.717, 1.165) is 5.39 Å². The molecule has 92 valence electrons. The maximum absolute atomic E-state index is 10.7. The third-order valence-electron chi connectivity index (χ3n) is 2.27. The molecule has 0 fully saturated rings. The Hall–Kier alpha value is -2.70. The van der Waals surface area contributed by atoms with Crippen LogP contribution >= 0.6 is 0 Å². The average Bonchev–Trinajstić information content (AvgIpc) is 2.91. The summed E-state index contributed by atoms with van der Waals surface area (Å²) in [6.07, 6.45) is 0. The van der Waals surface area contributed by atoms with Gasteiger partial charge in [0.1, 0.15) is 16.4 Å². The molecule has 3 rings (SSSR count). The molecular weight excluding hydrogens is 242 g/mol. The lowest BCUT2D eigenvalue weighted by Gasteiger charge is -1.96. The van der Waals surface area contributed by atoms with Crippen molar-refractivity contribution in [1.29, 1.82) is 0 Å². The van der Waals surface area contributed by atoms with E-state index < -0.39 is 11.3 Å². The fourth-order valence-electron chi connectivity index (χ4n) is 1.51. The van der Waals surface area contributed by atoms with Crippen LogP contribution in [-0.4, -0.2) is 5.08 Å². The molecule has 0 N–H and O–H groups in total. The number of furan rings is 1. The molecule has 3 aromatic rings. The quantitative estimate of drug-likeness (QED) is 0.637. The molecule has 0 unspecified atom stereocenters. The smallest absolute Gasteiger partial charge is 0.449 e. The van der Waals surface area contributed by atoms with Crippen LogP contribution in [-0.2, 0) is 6.61 Å². The maximum atomic E-state index is 10.7. The van der Waals surface area contributed by atoms with Crippen molar-refractivity contribution in [2.45, 2.75) is 6.61 Å². The summed E-state index contributed by atoms with van der Waals surface area (Å²) in [5.74, 6) is 0.509. The van der Waals surface area contributed by atoms with Gasteiger partial charge in [-0.15, -0.1) is 0 Å². The summed E-state index contributed by atoms with van der Waals surface area (Å²) in [5, 5.41) is 1.28. The van der Waals surface area contributed by atoms with Crippen molar-refractivity contribution in [2.75, 3.05) is 0 Å². The van der Waals surface area contributed by atoms with E-state index in [1.165, 1.54) is 0 Å². The molecule has 2 heterocycles. The van der Waals surface area contributed by atoms with Gasteiger partial charge in [-0.25, -0.2) is 9.59 Å². The van der Waals surface area contributed by atoms with Gasteiger partial charge in [-0.2, -0.15) is 0 Å². The van der Waals surface area contributed by atoms with Crippen molar-refractivity contribution in [1.82, 2.24) is 5.08 Å². The predicted molar refractivity (Wildman–Crippen MR) is 58.0 cm³/mol. The van der Waals surface area contributed by atoms with E-state index in [1.807, 2.05) is 24.3 Å². The minimum absolute atomic E-state index is 0.0325. The molecule has 0 saturated heterocycles. The van der Waals surface area contributed by atoms with Crippen molar-refractivity contribution < 1.29 is 18.3 Å². The number of rotatable bonds is 3. The van der Waals surface area contributed by atoms with E-state index in [4.69, 9.17) is 9.25 Å². The highest BCUT2D eigenvalue weighted by Crippen LogP contribution is 2.18. The van der Waals surface area contributed by atoms with Crippen LogP contribution in [0, 0.1) is 0 Å². The molecule has 18 heavy (non-hydrogen) atoms. The molecule has 2 aromatic heterocycles. The topological polar surface area (TPSA) is 87.7 Å². The number of nitrogens with zero attached hydrogens (tertiary/aromatic N) is 1. The molecule has 0 amide bonds. The fourth-order valence-corrected chi connectivity index (χ4v) is 1.51. The number of fused-ring (bicyclic) bond motifs is 1. The molecule has 0 saturated carbocycles. The lowest BCUT2D eigenvalue weighted by Crippen LogP contribution is -2.14. The van der Waals surface area contributed by atoms with Crippen LogP contribution in [0.5, 0.6) is 0 Å². The third kappa shape index (κ3) is 1.81. The third-order valence-corrected chi connectivity index (χ3v) is 2.27. The van der Waals surface area contributed by atoms with Gasteiger partial charge >= 0.3 is 11.3 Å². The summed E-state index contributed by atoms with van der Waals surface area (Å²) in [7, 11) is 0. The molecule has 0 aliphatic rings. The van der Waals surface area contributed by atoms with Crippen LogP contribution in [0.4, 0.5) is 0 Å². The van der Waals surface area contributed by atoms with Gasteiger partial charge in [0.25, 0.3) is 0 Å². The summed E-state index contributed by atoms with van der Waals surface area (Å²) >= 11 is 0. The molecule has 0 aliphatic heterocycles. The molecule has 7 heteroatoms. The van der Waals surface area contributed by atoms with Crippen molar-refractivity contribution in [3.63, 3.8) is 0 Å². The molecule has 1 aromatic carbocycles. The van der Waals surface area contributed by atoms with Crippen LogP contribution in [0.2, 0.25) is 0 Å². The van der Waals surface area contributed by atoms with Crippen molar-refractivity contribution in [3.8, 4) is 0 Å². The Labute approximate surface area is 98.7 Å². The van der Waals surface area contributed by atoms with E-state index in [-0.39, 0.29) is 6.61 Å². The molecular formula is C11H7NO6. The zero-order chi connectivity index (χ0) is 12.5. The molecule has 7 nitrogen and oxygen atoms in total. The molecule has 0 bridgehead atoms. The first-order chi connectivity index (χ1) is 8.72. The predicted octanol–water partition coefficient (Wildman–Crippen LogP) is 0.769. The Morgan fingerprint density at radius 1 is 1.11 bits per heavy atom. The first-order valence-electron chi connectivity index (χ1n) is 5.07. The summed E-state index contributed by atoms with van der Waals surface area (Å²) in [6.45, 7) is -0.0325. The van der Waals surface area contributed by atoms with Gasteiger partial charge in [0.05, 0.1) is 0 Å². The van der Waals surface area contributed by atoms with Crippen LogP contribution in [0.3, 0.4) is 0 Å². The molecule has 0 atom stereocenters. The lowest BCUT2D eigenvalue weighted by molar-refractivity contribution is -0.155. The highest BCUT2D eigenvalue weighted by molar-refractivity contribution is 5.77. The zero-order valence-electron chi connectivity index (χ0n) is 8.99. The monoisotopic (exact) mass is 249 g/mol. The van der Waals surface area contributed by atoms with E-state index in [1.54, 1.807) is 6.07 Å². The van der Waals surface area contributed by atoms with Gasteiger partial charge in [0.2, 0.25) is 0 Å². The van der Waals surface area contributed by atoms with Crippen molar-refractivity contribution in [3.05, 3.63) is 56.9 Å². The van der Waals surface area contributed by atoms with Crippen LogP contribution in [0.25, 0.3) is 11.0 Å². The van der Waals surface area contributed by atoms with Crippen molar-refractivity contribution in [2.24, 2.45) is 0 Å². The first kappa shape index (κ1) is 10.5. The second-order valence-corrected chi connectivity index (χ2v) is 3.51. The van der Waals surface area contributed by atoms with Gasteiger partial charge in [-0.1, -0.05) is 18.2 Å². The van der Waals surface area contributed by atoms with Crippen LogP contribution in [0.15, 0.2) is 53.4 Å². The number of hydrogen-bond donors (Lipinski definition) is 0. The normalized spacial score (nSPS) is 10.9. The molecule has 0 spiro atoms. The Morgan fingerprint density at radius 2 is 1.83 bits per heavy atom. The van der Waals surface area contributed by atoms with Crippen LogP contribution < -0.4 is 16.1 Å². The van der Waals surface area contributed by atoms with Crippen molar-refractivity contribution >= 4 is 11.0 Å². The van der Waals surface area contributed by atoms with E-state index >= 15 is 0 Å². The Bertz CT molecular complexity index is 729. The maximum Gasteiger partial charge on any atom is 0.449 e. The Balaban J connectivity index is 1.80. The van der Waals surface area contributed by atoms with Gasteiger partial charge in [0, 0.05) is 5.39 Å². The minimum atomic E-state index is -1.13. The SMILES string of the molecule is O=c1on(OCc2cc3ccccc3o2)oc1=O. The van der Waals surface area contributed by atoms with E-state index in [9.17, 15) is 9.59 Å². The number of aromatic nitrogens is 1. The van der Waals surface area contributed by atoms with Gasteiger partial charge < -0.3 is 9.25 Å². The first-order valence-corrected chi connectivity index (χ1v) is 5.07. The minimum Gasteiger partial charge on any atom is -0.457 e. The second kappa shape index (κ2) is 3.95. The molecule has 0 aliphatic carbocycles. The zero-order valence-corrected chi connectivity index (χ0v) is 8.99. The average molecular weight is 249 g/mol. The summed E-state index contributed by atoms with van der Waals surface area (Å²) in [5.41, 5.74) is -1.54. The van der Waals surface area contributed by atoms with Gasteiger partial charge in [0.15, 0.2) is 6.61 Å². The standard InChI is InChI=1S/C11H7NO6/c13-10-11(14)18-12(17-10)15-6-8-5-7-3-1-2-4-9(7)16-8/h1-5H,6H2. The highest BCUT2D eigenvalue weighted by atomic mass is 17.0. The van der Waals surface area contributed by atoms with Gasteiger partial charge in [-0.3, -0.25) is 9.05 Å². The fraction of sp³-hybridized carbons (Fsp3) is 0.0909. The van der Waals surface area contributed by atoms with E-state index in [0.29, 0.717) is 16.4 Å². The van der Waals surface area contributed by atoms with Crippen LogP contribution in [0.1, 0.15) is 5.76 Å². The Kier molecular flexibility index (Phi) is 2.30. The summed E-state index contributed by atoms with van der Waals surface area (Å²) < 4.78 is 14.1. The number of para-hydroxylation sites is 1. The largest absolute Gasteiger partial charge is 0.457 e. The Morgan fingerprint density at radius 3 is 2.56 bits per heavy atom. The number of hydrogen-bond acceptors (Lipinski definition) is 6. The summed E-state index contributed by atoms with van der Waals surface area (Å²) in [6, 6.07) is 9.20. The van der Waals surface area contributed by atoms with E-state index in [2.05, 4.69) is 9.05 Å². The van der Waals surface area contributed by atoms with Gasteiger partial charge in [-0.05, 0) is 12.1 Å². The lowest BCUT2D eigenvalue weighted by atomic mass is 10.2. The second-order valence-electron chi connectivity index (χ2n) is 3.51.